The summed E-state index contributed by atoms with van der Waals surface area (Å²) < 4.78 is 40.1. The molecule has 1 fully saturated rings. The van der Waals surface area contributed by atoms with Gasteiger partial charge < -0.3 is 10.4 Å². The predicted molar refractivity (Wildman–Crippen MR) is 66.0 cm³/mol. The van der Waals surface area contributed by atoms with Crippen molar-refractivity contribution in [3.8, 4) is 5.75 Å². The molecule has 1 aliphatic rings. The van der Waals surface area contributed by atoms with Crippen LogP contribution in [0.25, 0.3) is 0 Å². The average molecular weight is 274 g/mol. The van der Waals surface area contributed by atoms with Gasteiger partial charge in [0.05, 0.1) is 0 Å². The first-order valence-corrected chi connectivity index (χ1v) is 6.22. The topological polar surface area (TPSA) is 35.5 Å². The second-order valence-corrected chi connectivity index (χ2v) is 4.75. The number of rotatable bonds is 3. The van der Waals surface area contributed by atoms with Crippen LogP contribution in [0.5, 0.6) is 5.75 Å². The van der Waals surface area contributed by atoms with Crippen LogP contribution in [0.15, 0.2) is 12.1 Å². The maximum atomic E-state index is 13.5. The molecule has 2 N–H and O–H groups in total. The normalized spacial score (nSPS) is 18.8. The van der Waals surface area contributed by atoms with Crippen molar-refractivity contribution in [2.45, 2.75) is 19.4 Å². The molecule has 19 heavy (non-hydrogen) atoms. The number of aromatic hydroxyl groups is 1. The Balaban J connectivity index is 2.38. The van der Waals surface area contributed by atoms with Gasteiger partial charge in [-0.1, -0.05) is 6.07 Å². The molecule has 0 saturated carbocycles. The van der Waals surface area contributed by atoms with E-state index in [1.807, 2.05) is 0 Å². The number of halogens is 3. The first-order chi connectivity index (χ1) is 9.00. The van der Waals surface area contributed by atoms with E-state index in [9.17, 15) is 18.3 Å². The third-order valence-corrected chi connectivity index (χ3v) is 3.34. The van der Waals surface area contributed by atoms with Crippen LogP contribution in [0, 0.1) is 12.7 Å². The minimum Gasteiger partial charge on any atom is -0.505 e. The van der Waals surface area contributed by atoms with Gasteiger partial charge in [-0.25, -0.2) is 13.2 Å². The van der Waals surface area contributed by atoms with E-state index in [-0.39, 0.29) is 5.56 Å². The molecule has 106 valence electrons. The number of hydrogen-bond acceptors (Lipinski definition) is 3. The van der Waals surface area contributed by atoms with Crippen molar-refractivity contribution in [3.05, 3.63) is 29.1 Å². The lowest BCUT2D eigenvalue weighted by Gasteiger charge is -2.35. The molecule has 0 radical (unpaired) electrons. The lowest BCUT2D eigenvalue weighted by Crippen LogP contribution is -2.47. The van der Waals surface area contributed by atoms with E-state index in [1.165, 1.54) is 6.07 Å². The second kappa shape index (κ2) is 5.79. The minimum absolute atomic E-state index is 0.0330. The van der Waals surface area contributed by atoms with Gasteiger partial charge in [-0.05, 0) is 18.6 Å². The summed E-state index contributed by atoms with van der Waals surface area (Å²) >= 11 is 0. The van der Waals surface area contributed by atoms with Gasteiger partial charge >= 0.3 is 0 Å². The highest BCUT2D eigenvalue weighted by Crippen LogP contribution is 2.35. The SMILES string of the molecule is Cc1cc(F)c(O)c([C@H](C(F)F)N2CCNCC2)c1. The molecular formula is C13H17F3N2O. The Kier molecular flexibility index (Phi) is 4.31. The molecule has 1 saturated heterocycles. The van der Waals surface area contributed by atoms with Gasteiger partial charge in [0.25, 0.3) is 6.43 Å². The van der Waals surface area contributed by atoms with Crippen LogP contribution < -0.4 is 5.32 Å². The maximum absolute atomic E-state index is 13.5. The van der Waals surface area contributed by atoms with Crippen molar-refractivity contribution in [3.63, 3.8) is 0 Å². The van der Waals surface area contributed by atoms with E-state index in [1.54, 1.807) is 11.8 Å². The third kappa shape index (κ3) is 3.01. The van der Waals surface area contributed by atoms with Crippen molar-refractivity contribution in [2.24, 2.45) is 0 Å². The van der Waals surface area contributed by atoms with Gasteiger partial charge in [-0.2, -0.15) is 0 Å². The van der Waals surface area contributed by atoms with E-state index < -0.39 is 24.0 Å². The molecule has 0 aromatic heterocycles. The highest BCUT2D eigenvalue weighted by Gasteiger charge is 2.33. The van der Waals surface area contributed by atoms with Gasteiger partial charge in [0, 0.05) is 31.7 Å². The summed E-state index contributed by atoms with van der Waals surface area (Å²) in [7, 11) is 0. The van der Waals surface area contributed by atoms with Gasteiger partial charge in [0.2, 0.25) is 0 Å². The quantitative estimate of drug-likeness (QED) is 0.885. The van der Waals surface area contributed by atoms with E-state index in [0.29, 0.717) is 31.7 Å². The van der Waals surface area contributed by atoms with Crippen LogP contribution in [0.3, 0.4) is 0 Å². The molecule has 6 heteroatoms. The Morgan fingerprint density at radius 3 is 2.47 bits per heavy atom. The fourth-order valence-electron chi connectivity index (χ4n) is 2.44. The largest absolute Gasteiger partial charge is 0.505 e. The van der Waals surface area contributed by atoms with Crippen molar-refractivity contribution < 1.29 is 18.3 Å². The number of aryl methyl sites for hydroxylation is 1. The van der Waals surface area contributed by atoms with Crippen LogP contribution in [-0.4, -0.2) is 42.6 Å². The number of alkyl halides is 2. The van der Waals surface area contributed by atoms with Gasteiger partial charge in [-0.15, -0.1) is 0 Å². The summed E-state index contributed by atoms with van der Waals surface area (Å²) in [5.74, 6) is -1.52. The first-order valence-electron chi connectivity index (χ1n) is 6.22. The number of benzene rings is 1. The van der Waals surface area contributed by atoms with Crippen LogP contribution >= 0.6 is 0 Å². The summed E-state index contributed by atoms with van der Waals surface area (Å²) in [6.07, 6.45) is -2.68. The zero-order chi connectivity index (χ0) is 14.0. The summed E-state index contributed by atoms with van der Waals surface area (Å²) in [6.45, 7) is 3.73. The molecule has 1 aliphatic heterocycles. The molecule has 1 aromatic rings. The van der Waals surface area contributed by atoms with E-state index in [2.05, 4.69) is 5.32 Å². The predicted octanol–water partition coefficient (Wildman–Crippen LogP) is 2.05. The Hall–Kier alpha value is -1.27. The molecule has 0 aliphatic carbocycles. The summed E-state index contributed by atoms with van der Waals surface area (Å²) in [6, 6.07) is 1.30. The highest BCUT2D eigenvalue weighted by atomic mass is 19.3. The van der Waals surface area contributed by atoms with Gasteiger partial charge in [0.1, 0.15) is 6.04 Å². The number of nitrogens with zero attached hydrogens (tertiary/aromatic N) is 1. The number of nitrogens with one attached hydrogen (secondary N) is 1. The lowest BCUT2D eigenvalue weighted by atomic mass is 10.0. The Morgan fingerprint density at radius 1 is 1.26 bits per heavy atom. The fraction of sp³-hybridized carbons (Fsp3) is 0.538. The van der Waals surface area contributed by atoms with Crippen molar-refractivity contribution in [1.82, 2.24) is 10.2 Å². The molecule has 0 bridgehead atoms. The third-order valence-electron chi connectivity index (χ3n) is 3.34. The van der Waals surface area contributed by atoms with Gasteiger partial charge in [0.15, 0.2) is 11.6 Å². The van der Waals surface area contributed by atoms with Crippen LogP contribution in [0.2, 0.25) is 0 Å². The van der Waals surface area contributed by atoms with E-state index >= 15 is 0 Å². The highest BCUT2D eigenvalue weighted by molar-refractivity contribution is 5.40. The van der Waals surface area contributed by atoms with E-state index in [4.69, 9.17) is 0 Å². The van der Waals surface area contributed by atoms with Crippen molar-refractivity contribution >= 4 is 0 Å². The van der Waals surface area contributed by atoms with Gasteiger partial charge in [-0.3, -0.25) is 4.90 Å². The minimum atomic E-state index is -2.68. The Labute approximate surface area is 110 Å². The van der Waals surface area contributed by atoms with E-state index in [0.717, 1.165) is 6.07 Å². The molecule has 1 aromatic carbocycles. The molecule has 0 spiro atoms. The first kappa shape index (κ1) is 14.1. The zero-order valence-electron chi connectivity index (χ0n) is 10.7. The van der Waals surface area contributed by atoms with Crippen LogP contribution in [0.4, 0.5) is 13.2 Å². The molecule has 0 unspecified atom stereocenters. The number of hydrogen-bond donors (Lipinski definition) is 2. The lowest BCUT2D eigenvalue weighted by molar-refractivity contribution is 0.0168. The smallest absolute Gasteiger partial charge is 0.258 e. The van der Waals surface area contributed by atoms with Crippen LogP contribution in [0.1, 0.15) is 17.2 Å². The molecule has 2 rings (SSSR count). The van der Waals surface area contributed by atoms with Crippen molar-refractivity contribution in [2.75, 3.05) is 26.2 Å². The fourth-order valence-corrected chi connectivity index (χ4v) is 2.44. The molecule has 1 heterocycles. The molecule has 3 nitrogen and oxygen atoms in total. The number of piperazine rings is 1. The number of phenolic OH excluding ortho intramolecular Hbond substituents is 1. The maximum Gasteiger partial charge on any atom is 0.258 e. The van der Waals surface area contributed by atoms with Crippen LogP contribution in [-0.2, 0) is 0 Å². The monoisotopic (exact) mass is 274 g/mol. The standard InChI is InChI=1S/C13H17F3N2O/c1-8-6-9(12(19)10(14)7-8)11(13(15)16)18-4-2-17-3-5-18/h6-7,11,13,17,19H,2-5H2,1H3/t11-/m1/s1. The Bertz CT molecular complexity index is 448. The molecular weight excluding hydrogens is 257 g/mol. The summed E-state index contributed by atoms with van der Waals surface area (Å²) in [5.41, 5.74) is 0.487. The molecule has 0 amide bonds. The number of phenols is 1. The van der Waals surface area contributed by atoms with Crippen molar-refractivity contribution in [1.29, 1.82) is 0 Å². The summed E-state index contributed by atoms with van der Waals surface area (Å²) in [5, 5.41) is 12.8. The summed E-state index contributed by atoms with van der Waals surface area (Å²) in [4.78, 5) is 1.58. The average Bonchev–Trinajstić information content (AvgIpc) is 2.36. The Morgan fingerprint density at radius 2 is 1.89 bits per heavy atom. The second-order valence-electron chi connectivity index (χ2n) is 4.75. The zero-order valence-corrected chi connectivity index (χ0v) is 10.7. The molecule has 1 atom stereocenters.